The Bertz CT molecular complexity index is 7350. The molecule has 23 rings (SSSR count). The second-order valence-corrected chi connectivity index (χ2v) is 32.2. The number of fused-ring (bicyclic) bond motifs is 21. The lowest BCUT2D eigenvalue weighted by atomic mass is 9.66. The van der Waals surface area contributed by atoms with Crippen molar-refractivity contribution in [3.63, 3.8) is 0 Å². The van der Waals surface area contributed by atoms with Crippen LogP contribution >= 0.6 is 22.9 Å². The standard InChI is InChI=1S/C106H67ClN2O3S/c1-105(2)89-37-14-9-30-79(89)81-50-48-75(61-93(81)105)109(95-62-88-83-33-13-18-41-100(83)113-101(88)63-86(95)66-24-7-4-8-25-66)71-46-42-64(43-47-71)67-44-53-92-99(58-67)110-98-55-45-70(107)59-94(98)106(92)90-38-15-10-31-80(90)87-60-74(49-54-91(87)106)108(73-29-20-27-69(57-73)77-35-21-36-84-82-32-11-16-39-96(82)111-103(77)84)72-28-19-26-68(56-72)76-51-52-78(65-22-5-3-6-23-65)104-102(76)85-34-12-17-40-97(85)112-104/h3-63H,1-2H3. The fraction of sp³-hybridized carbons (Fsp3) is 0.0377. The number of ether oxygens (including phenoxy) is 1. The SMILES string of the molecule is CC1(C)c2ccccc2-c2ccc(N(c3ccc(-c4ccc5c(c4)Oc4ccc(Cl)cc4C54c5ccccc5-c5cc(N(c6cccc(-c7cccc8c7oc7ccccc78)c6)c6cccc(-c7ccc(-c8ccccc8)c8oc9ccccc9c78)c6)ccc54)cc3)c3cc4c(cc3-c3ccccc3)sc3ccccc34)cc21. The summed E-state index contributed by atoms with van der Waals surface area (Å²) in [5.41, 5.74) is 31.2. The highest BCUT2D eigenvalue weighted by Gasteiger charge is 2.52. The van der Waals surface area contributed by atoms with Crippen molar-refractivity contribution in [3.05, 3.63) is 408 Å². The van der Waals surface area contributed by atoms with E-state index in [2.05, 4.69) is 382 Å². The lowest BCUT2D eigenvalue weighted by Gasteiger charge is -2.39. The Morgan fingerprint density at radius 2 is 0.814 bits per heavy atom. The molecule has 113 heavy (non-hydrogen) atoms. The summed E-state index contributed by atoms with van der Waals surface area (Å²) in [6, 6.07) is 135. The summed E-state index contributed by atoms with van der Waals surface area (Å²) in [4.78, 5) is 4.91. The molecular weight excluding hydrogens is 1420 g/mol. The van der Waals surface area contributed by atoms with Crippen molar-refractivity contribution in [2.75, 3.05) is 9.80 Å². The predicted molar refractivity (Wildman–Crippen MR) is 470 cm³/mol. The molecular formula is C106H67ClN2O3S. The first-order valence-corrected chi connectivity index (χ1v) is 39.8. The van der Waals surface area contributed by atoms with Crippen molar-refractivity contribution in [3.8, 4) is 89.4 Å². The van der Waals surface area contributed by atoms with E-state index >= 15 is 0 Å². The minimum atomic E-state index is -0.834. The molecule has 0 saturated heterocycles. The first-order chi connectivity index (χ1) is 55.7. The largest absolute Gasteiger partial charge is 0.457 e. The van der Waals surface area contributed by atoms with Crippen LogP contribution in [0.3, 0.4) is 0 Å². The van der Waals surface area contributed by atoms with Crippen molar-refractivity contribution in [2.24, 2.45) is 0 Å². The van der Waals surface area contributed by atoms with Gasteiger partial charge in [0.05, 0.1) is 11.1 Å². The van der Waals surface area contributed by atoms with Gasteiger partial charge in [0.25, 0.3) is 0 Å². The van der Waals surface area contributed by atoms with Gasteiger partial charge in [-0.15, -0.1) is 11.3 Å². The fourth-order valence-electron chi connectivity index (χ4n) is 19.1. The Kier molecular flexibility index (Phi) is 14.5. The van der Waals surface area contributed by atoms with Crippen LogP contribution in [0.4, 0.5) is 34.1 Å². The maximum absolute atomic E-state index is 7.28. The van der Waals surface area contributed by atoms with E-state index in [-0.39, 0.29) is 5.41 Å². The second-order valence-electron chi connectivity index (χ2n) is 30.6. The molecule has 17 aromatic carbocycles. The molecule has 5 nitrogen and oxygen atoms in total. The molecule has 4 heterocycles. The van der Waals surface area contributed by atoms with E-state index in [1.807, 2.05) is 23.5 Å². The lowest BCUT2D eigenvalue weighted by Crippen LogP contribution is -2.32. The van der Waals surface area contributed by atoms with Crippen molar-refractivity contribution in [1.29, 1.82) is 0 Å². The number of furan rings is 2. The van der Waals surface area contributed by atoms with Gasteiger partial charge in [0, 0.05) is 108 Å². The van der Waals surface area contributed by atoms with Crippen LogP contribution in [0.25, 0.3) is 142 Å². The van der Waals surface area contributed by atoms with Crippen LogP contribution in [0.2, 0.25) is 5.02 Å². The molecule has 7 heteroatoms. The number of hydrogen-bond acceptors (Lipinski definition) is 6. The third kappa shape index (κ3) is 9.96. The first kappa shape index (κ1) is 65.2. The molecule has 1 aliphatic heterocycles. The summed E-state index contributed by atoms with van der Waals surface area (Å²) in [7, 11) is 0. The molecule has 0 saturated carbocycles. The van der Waals surface area contributed by atoms with Gasteiger partial charge >= 0.3 is 0 Å². The van der Waals surface area contributed by atoms with E-state index in [9.17, 15) is 0 Å². The summed E-state index contributed by atoms with van der Waals surface area (Å²) in [5, 5.41) is 7.46. The van der Waals surface area contributed by atoms with E-state index in [1.54, 1.807) is 0 Å². The molecule has 0 fully saturated rings. The summed E-state index contributed by atoms with van der Waals surface area (Å²) >= 11 is 9.12. The van der Waals surface area contributed by atoms with Crippen LogP contribution in [-0.2, 0) is 10.8 Å². The Morgan fingerprint density at radius 1 is 0.274 bits per heavy atom. The van der Waals surface area contributed by atoms with Crippen LogP contribution in [0.1, 0.15) is 47.2 Å². The average molecular weight is 1480 g/mol. The van der Waals surface area contributed by atoms with Gasteiger partial charge in [-0.3, -0.25) is 0 Å². The van der Waals surface area contributed by atoms with Crippen LogP contribution < -0.4 is 14.5 Å². The maximum Gasteiger partial charge on any atom is 0.143 e. The van der Waals surface area contributed by atoms with E-state index in [0.29, 0.717) is 5.02 Å². The average Bonchev–Trinajstić information content (AvgIpc) is 1.52. The fourth-order valence-corrected chi connectivity index (χ4v) is 20.4. The molecule has 0 radical (unpaired) electrons. The van der Waals surface area contributed by atoms with Crippen LogP contribution in [0.5, 0.6) is 11.5 Å². The van der Waals surface area contributed by atoms with Crippen LogP contribution in [0, 0.1) is 0 Å². The molecule has 3 aromatic heterocycles. The molecule has 1 spiro atoms. The van der Waals surface area contributed by atoms with Crippen molar-refractivity contribution in [1.82, 2.24) is 0 Å². The molecule has 20 aromatic rings. The van der Waals surface area contributed by atoms with Gasteiger partial charge in [-0.1, -0.05) is 274 Å². The third-order valence-corrected chi connectivity index (χ3v) is 25.6. The highest BCUT2D eigenvalue weighted by Crippen LogP contribution is 2.64. The first-order valence-electron chi connectivity index (χ1n) is 38.6. The van der Waals surface area contributed by atoms with E-state index in [1.165, 1.54) is 48.0 Å². The van der Waals surface area contributed by atoms with Gasteiger partial charge < -0.3 is 23.4 Å². The zero-order valence-electron chi connectivity index (χ0n) is 61.6. The zero-order valence-corrected chi connectivity index (χ0v) is 63.2. The Morgan fingerprint density at radius 3 is 1.60 bits per heavy atom. The summed E-state index contributed by atoms with van der Waals surface area (Å²) in [6.45, 7) is 4.74. The van der Waals surface area contributed by atoms with Gasteiger partial charge in [-0.05, 0) is 205 Å². The topological polar surface area (TPSA) is 42.0 Å². The Hall–Kier alpha value is -13.8. The van der Waals surface area contributed by atoms with Gasteiger partial charge in [0.15, 0.2) is 0 Å². The molecule has 0 N–H and O–H groups in total. The van der Waals surface area contributed by atoms with E-state index < -0.39 is 5.41 Å². The van der Waals surface area contributed by atoms with Gasteiger partial charge in [-0.25, -0.2) is 0 Å². The number of anilines is 6. The Labute approximate surface area is 662 Å². The summed E-state index contributed by atoms with van der Waals surface area (Å²) < 4.78 is 23.4. The monoisotopic (exact) mass is 1480 g/mol. The number of thiophene rings is 1. The molecule has 1 atom stereocenters. The lowest BCUT2D eigenvalue weighted by molar-refractivity contribution is 0.436. The molecule has 0 bridgehead atoms. The van der Waals surface area contributed by atoms with Crippen molar-refractivity contribution >= 4 is 121 Å². The molecule has 3 aliphatic rings. The second kappa shape index (κ2) is 25.1. The minimum absolute atomic E-state index is 0.208. The summed E-state index contributed by atoms with van der Waals surface area (Å²) in [5.74, 6) is 1.54. The number of benzene rings is 17. The molecule has 532 valence electrons. The van der Waals surface area contributed by atoms with Gasteiger partial charge in [0.2, 0.25) is 0 Å². The minimum Gasteiger partial charge on any atom is -0.457 e. The van der Waals surface area contributed by atoms with Gasteiger partial charge in [0.1, 0.15) is 33.8 Å². The van der Waals surface area contributed by atoms with E-state index in [4.69, 9.17) is 25.2 Å². The van der Waals surface area contributed by atoms with Gasteiger partial charge in [-0.2, -0.15) is 0 Å². The number of nitrogens with zero attached hydrogens (tertiary/aromatic N) is 2. The quantitative estimate of drug-likeness (QED) is 0.129. The van der Waals surface area contributed by atoms with Crippen LogP contribution in [-0.4, -0.2) is 0 Å². The normalized spacial score (nSPS) is 14.2. The summed E-state index contributed by atoms with van der Waals surface area (Å²) in [6.07, 6.45) is 0. The highest BCUT2D eigenvalue weighted by molar-refractivity contribution is 7.25. The van der Waals surface area contributed by atoms with Crippen molar-refractivity contribution in [2.45, 2.75) is 24.7 Å². The number of rotatable bonds is 11. The molecule has 0 amide bonds. The zero-order chi connectivity index (χ0) is 74.8. The number of para-hydroxylation sites is 3. The number of halogens is 1. The number of hydrogen-bond donors (Lipinski definition) is 0. The van der Waals surface area contributed by atoms with E-state index in [0.717, 1.165) is 173 Å². The third-order valence-electron chi connectivity index (χ3n) is 24.2. The predicted octanol–water partition coefficient (Wildman–Crippen LogP) is 30.6. The Balaban J connectivity index is 0.675. The highest BCUT2D eigenvalue weighted by atomic mass is 35.5. The van der Waals surface area contributed by atoms with Crippen molar-refractivity contribution < 1.29 is 13.6 Å². The molecule has 1 unspecified atom stereocenters. The van der Waals surface area contributed by atoms with Crippen LogP contribution in [0.15, 0.2) is 379 Å². The maximum atomic E-state index is 7.28. The smallest absolute Gasteiger partial charge is 0.143 e. The molecule has 2 aliphatic carbocycles.